The monoisotopic (exact) mass is 550 g/mol. The molecule has 0 unspecified atom stereocenters. The maximum atomic E-state index is 12.7. The average Bonchev–Trinajstić information content (AvgIpc) is 3.47. The van der Waals surface area contributed by atoms with Crippen molar-refractivity contribution in [1.29, 1.82) is 0 Å². The van der Waals surface area contributed by atoms with E-state index in [1.807, 2.05) is 24.3 Å². The molecule has 1 fully saturated rings. The molecule has 0 bridgehead atoms. The van der Waals surface area contributed by atoms with Crippen LogP contribution < -0.4 is 15.2 Å². The van der Waals surface area contributed by atoms with Gasteiger partial charge in [-0.2, -0.15) is 0 Å². The number of esters is 1. The fourth-order valence-electron chi connectivity index (χ4n) is 5.40. The van der Waals surface area contributed by atoms with Crippen molar-refractivity contribution in [3.8, 4) is 11.5 Å². The lowest BCUT2D eigenvalue weighted by molar-refractivity contribution is -0.135. The van der Waals surface area contributed by atoms with E-state index in [1.165, 1.54) is 32.1 Å². The summed E-state index contributed by atoms with van der Waals surface area (Å²) in [5.74, 6) is 1.92. The summed E-state index contributed by atoms with van der Waals surface area (Å²) in [7, 11) is 0. The lowest BCUT2D eigenvalue weighted by Gasteiger charge is -2.27. The highest BCUT2D eigenvalue weighted by Crippen LogP contribution is 2.30. The van der Waals surface area contributed by atoms with Gasteiger partial charge in [-0.25, -0.2) is 9.79 Å². The molecule has 0 saturated heterocycles. The second-order valence-electron chi connectivity index (χ2n) is 10.6. The number of fused-ring (bicyclic) bond motifs is 1. The third kappa shape index (κ3) is 8.98. The molecule has 40 heavy (non-hydrogen) atoms. The number of para-hydroxylation sites is 1. The van der Waals surface area contributed by atoms with E-state index in [0.29, 0.717) is 50.6 Å². The number of carbonyl (C=O) groups is 2. The highest BCUT2D eigenvalue weighted by atomic mass is 16.5. The van der Waals surface area contributed by atoms with Crippen molar-refractivity contribution in [2.45, 2.75) is 64.3 Å². The normalized spacial score (nSPS) is 14.9. The van der Waals surface area contributed by atoms with Crippen LogP contribution in [0.25, 0.3) is 0 Å². The first-order valence-corrected chi connectivity index (χ1v) is 14.5. The van der Waals surface area contributed by atoms with Gasteiger partial charge in [0.25, 0.3) is 0 Å². The standard InChI is InChI=1S/C31H42N4O5/c32-31-33-28-16-15-27(21-25(28)22-35(31)23-30(38)40-26-12-2-1-3-13-26)39-20-8-14-29(37)34(18-19-36)17-7-6-11-24-9-4-5-10-24/h1-3,12-13,15-16,21,24,36H,4-11,14,17-20,22-23H2,(H2,32,33). The average molecular weight is 551 g/mol. The Morgan fingerprint density at radius 1 is 1.02 bits per heavy atom. The zero-order valence-corrected chi connectivity index (χ0v) is 23.3. The molecule has 3 N–H and O–H groups in total. The zero-order valence-electron chi connectivity index (χ0n) is 23.3. The first-order valence-electron chi connectivity index (χ1n) is 14.5. The van der Waals surface area contributed by atoms with Crippen LogP contribution in [0.1, 0.15) is 63.4 Å². The molecule has 0 aromatic heterocycles. The molecule has 0 atom stereocenters. The number of carbonyl (C=O) groups excluding carboxylic acids is 2. The predicted octanol–water partition coefficient (Wildman–Crippen LogP) is 4.39. The summed E-state index contributed by atoms with van der Waals surface area (Å²) in [4.78, 5) is 33.0. The Labute approximate surface area is 237 Å². The Morgan fingerprint density at radius 2 is 1.82 bits per heavy atom. The van der Waals surface area contributed by atoms with Crippen LogP contribution >= 0.6 is 0 Å². The summed E-state index contributed by atoms with van der Waals surface area (Å²) >= 11 is 0. The van der Waals surface area contributed by atoms with Crippen LogP contribution in [0.3, 0.4) is 0 Å². The first kappa shape index (κ1) is 29.4. The van der Waals surface area contributed by atoms with E-state index in [-0.39, 0.29) is 25.0 Å². The van der Waals surface area contributed by atoms with Crippen molar-refractivity contribution in [3.63, 3.8) is 0 Å². The highest BCUT2D eigenvalue weighted by molar-refractivity contribution is 5.87. The minimum Gasteiger partial charge on any atom is -0.494 e. The van der Waals surface area contributed by atoms with Crippen LogP contribution in [0, 0.1) is 5.92 Å². The van der Waals surface area contributed by atoms with Crippen molar-refractivity contribution < 1.29 is 24.2 Å². The Balaban J connectivity index is 1.19. The molecular weight excluding hydrogens is 508 g/mol. The van der Waals surface area contributed by atoms with E-state index >= 15 is 0 Å². The van der Waals surface area contributed by atoms with Gasteiger partial charge in [0.15, 0.2) is 5.96 Å². The van der Waals surface area contributed by atoms with Gasteiger partial charge < -0.3 is 30.1 Å². The van der Waals surface area contributed by atoms with Crippen LogP contribution in [0.4, 0.5) is 5.69 Å². The van der Waals surface area contributed by atoms with Crippen molar-refractivity contribution in [1.82, 2.24) is 9.80 Å². The van der Waals surface area contributed by atoms with Gasteiger partial charge in [0, 0.05) is 31.6 Å². The molecule has 1 heterocycles. The summed E-state index contributed by atoms with van der Waals surface area (Å²) in [6, 6.07) is 14.5. The molecule has 4 rings (SSSR count). The Kier molecular flexibility index (Phi) is 11.2. The Morgan fingerprint density at radius 3 is 2.60 bits per heavy atom. The molecule has 1 amide bonds. The molecule has 0 radical (unpaired) electrons. The molecule has 2 aliphatic rings. The second kappa shape index (κ2) is 15.3. The predicted molar refractivity (Wildman–Crippen MR) is 154 cm³/mol. The van der Waals surface area contributed by atoms with E-state index in [4.69, 9.17) is 15.2 Å². The van der Waals surface area contributed by atoms with Crippen LogP contribution in [0.2, 0.25) is 0 Å². The third-order valence-corrected chi connectivity index (χ3v) is 7.56. The number of guanidine groups is 1. The lowest BCUT2D eigenvalue weighted by atomic mass is 10.0. The number of nitrogens with two attached hydrogens (primary N) is 1. The molecule has 216 valence electrons. The minimum absolute atomic E-state index is 0.0199. The number of unbranched alkanes of at least 4 members (excludes halogenated alkanes) is 1. The lowest BCUT2D eigenvalue weighted by Crippen LogP contribution is -2.42. The second-order valence-corrected chi connectivity index (χ2v) is 10.6. The summed E-state index contributed by atoms with van der Waals surface area (Å²) in [5.41, 5.74) is 7.73. The smallest absolute Gasteiger partial charge is 0.331 e. The number of aliphatic hydroxyl groups excluding tert-OH is 1. The number of hydrogen-bond donors (Lipinski definition) is 2. The summed E-state index contributed by atoms with van der Waals surface area (Å²) in [5, 5.41) is 9.42. The first-order chi connectivity index (χ1) is 19.5. The Bertz CT molecular complexity index is 1130. The molecule has 9 heteroatoms. The summed E-state index contributed by atoms with van der Waals surface area (Å²) < 4.78 is 11.3. The molecule has 1 aliphatic heterocycles. The van der Waals surface area contributed by atoms with Crippen LogP contribution in [-0.2, 0) is 16.1 Å². The van der Waals surface area contributed by atoms with Crippen molar-refractivity contribution in [2.75, 3.05) is 32.8 Å². The van der Waals surface area contributed by atoms with Gasteiger partial charge >= 0.3 is 5.97 Å². The molecular formula is C31H42N4O5. The number of ether oxygens (including phenoxy) is 2. The molecule has 1 saturated carbocycles. The summed E-state index contributed by atoms with van der Waals surface area (Å²) in [6.07, 6.45) is 9.78. The maximum absolute atomic E-state index is 12.7. The molecule has 2 aromatic rings. The number of hydrogen-bond acceptors (Lipinski definition) is 8. The highest BCUT2D eigenvalue weighted by Gasteiger charge is 2.22. The largest absolute Gasteiger partial charge is 0.494 e. The number of benzene rings is 2. The SMILES string of the molecule is NC1=Nc2ccc(OCCCC(=O)N(CCO)CCCCC3CCCC3)cc2CN1CC(=O)Oc1ccccc1. The molecule has 2 aromatic carbocycles. The van der Waals surface area contributed by atoms with Gasteiger partial charge in [-0.1, -0.05) is 56.7 Å². The van der Waals surface area contributed by atoms with Crippen molar-refractivity contribution >= 4 is 23.5 Å². The fraction of sp³-hybridized carbons (Fsp3) is 0.516. The number of aliphatic imine (C=N–C) groups is 1. The molecule has 9 nitrogen and oxygen atoms in total. The van der Waals surface area contributed by atoms with Gasteiger partial charge in [-0.3, -0.25) is 4.79 Å². The maximum Gasteiger partial charge on any atom is 0.331 e. The van der Waals surface area contributed by atoms with Crippen LogP contribution in [-0.4, -0.2) is 65.6 Å². The van der Waals surface area contributed by atoms with E-state index in [9.17, 15) is 14.7 Å². The van der Waals surface area contributed by atoms with Crippen LogP contribution in [0.5, 0.6) is 11.5 Å². The van der Waals surface area contributed by atoms with Crippen molar-refractivity contribution in [2.24, 2.45) is 16.6 Å². The fourth-order valence-corrected chi connectivity index (χ4v) is 5.40. The van der Waals surface area contributed by atoms with Gasteiger partial charge in [-0.05, 0) is 49.1 Å². The number of rotatable bonds is 15. The quantitative estimate of drug-likeness (QED) is 0.192. The van der Waals surface area contributed by atoms with E-state index in [1.54, 1.807) is 34.1 Å². The molecule has 0 spiro atoms. The minimum atomic E-state index is -0.422. The Hall–Kier alpha value is -3.59. The van der Waals surface area contributed by atoms with E-state index < -0.39 is 5.97 Å². The summed E-state index contributed by atoms with van der Waals surface area (Å²) in [6.45, 7) is 1.85. The van der Waals surface area contributed by atoms with Gasteiger partial charge in [0.1, 0.15) is 18.0 Å². The number of aliphatic hydroxyl groups is 1. The van der Waals surface area contributed by atoms with E-state index in [0.717, 1.165) is 30.0 Å². The van der Waals surface area contributed by atoms with E-state index in [2.05, 4.69) is 4.99 Å². The zero-order chi connectivity index (χ0) is 28.2. The van der Waals surface area contributed by atoms with Gasteiger partial charge in [0.2, 0.25) is 5.91 Å². The van der Waals surface area contributed by atoms with Gasteiger partial charge in [0.05, 0.1) is 18.9 Å². The topological polar surface area (TPSA) is 118 Å². The van der Waals surface area contributed by atoms with Crippen molar-refractivity contribution in [3.05, 3.63) is 54.1 Å². The van der Waals surface area contributed by atoms with Crippen LogP contribution in [0.15, 0.2) is 53.5 Å². The molecule has 1 aliphatic carbocycles. The number of amides is 1. The third-order valence-electron chi connectivity index (χ3n) is 7.56. The number of nitrogens with zero attached hydrogens (tertiary/aromatic N) is 3. The van der Waals surface area contributed by atoms with Gasteiger partial charge in [-0.15, -0.1) is 0 Å².